The SMILES string of the molecule is CC(C)C1(C(C)C)NCCO1. The molecule has 0 atom stereocenters. The number of hydrogen-bond donors (Lipinski definition) is 1. The molecule has 0 amide bonds. The summed E-state index contributed by atoms with van der Waals surface area (Å²) in [6.45, 7) is 10.7. The van der Waals surface area contributed by atoms with Crippen molar-refractivity contribution < 1.29 is 4.74 Å². The van der Waals surface area contributed by atoms with E-state index in [0.29, 0.717) is 11.8 Å². The Balaban J connectivity index is 2.70. The smallest absolute Gasteiger partial charge is 0.123 e. The predicted molar refractivity (Wildman–Crippen MR) is 46.4 cm³/mol. The van der Waals surface area contributed by atoms with Crippen molar-refractivity contribution in [3.05, 3.63) is 0 Å². The Kier molecular flexibility index (Phi) is 2.55. The monoisotopic (exact) mass is 157 g/mol. The van der Waals surface area contributed by atoms with Crippen LogP contribution in [0.2, 0.25) is 0 Å². The van der Waals surface area contributed by atoms with Gasteiger partial charge in [0.15, 0.2) is 0 Å². The Labute approximate surface area is 69.3 Å². The summed E-state index contributed by atoms with van der Waals surface area (Å²) in [4.78, 5) is 0. The van der Waals surface area contributed by atoms with Gasteiger partial charge in [0, 0.05) is 6.54 Å². The van der Waals surface area contributed by atoms with Gasteiger partial charge >= 0.3 is 0 Å². The number of hydrogen-bond acceptors (Lipinski definition) is 2. The van der Waals surface area contributed by atoms with Gasteiger partial charge in [0.05, 0.1) is 6.61 Å². The van der Waals surface area contributed by atoms with Gasteiger partial charge in [-0.1, -0.05) is 27.7 Å². The molecule has 1 fully saturated rings. The standard InChI is InChI=1S/C9H19NO/c1-7(2)9(8(3)4)10-5-6-11-9/h7-8,10H,5-6H2,1-4H3. The van der Waals surface area contributed by atoms with E-state index in [9.17, 15) is 0 Å². The fourth-order valence-corrected chi connectivity index (χ4v) is 1.93. The van der Waals surface area contributed by atoms with E-state index in [1.165, 1.54) is 0 Å². The largest absolute Gasteiger partial charge is 0.359 e. The first-order valence-electron chi connectivity index (χ1n) is 4.48. The van der Waals surface area contributed by atoms with E-state index in [4.69, 9.17) is 4.74 Å². The molecule has 1 saturated heterocycles. The van der Waals surface area contributed by atoms with Crippen molar-refractivity contribution in [2.45, 2.75) is 33.4 Å². The van der Waals surface area contributed by atoms with Gasteiger partial charge in [0.25, 0.3) is 0 Å². The van der Waals surface area contributed by atoms with Crippen molar-refractivity contribution in [1.82, 2.24) is 5.32 Å². The Morgan fingerprint density at radius 1 is 1.18 bits per heavy atom. The van der Waals surface area contributed by atoms with Gasteiger partial charge in [-0.3, -0.25) is 5.32 Å². The average Bonchev–Trinajstić information content (AvgIpc) is 2.34. The van der Waals surface area contributed by atoms with Crippen LogP contribution in [0.25, 0.3) is 0 Å². The van der Waals surface area contributed by atoms with Crippen molar-refractivity contribution in [2.24, 2.45) is 11.8 Å². The van der Waals surface area contributed by atoms with Gasteiger partial charge in [-0.05, 0) is 11.8 Å². The van der Waals surface area contributed by atoms with Crippen LogP contribution in [-0.2, 0) is 4.74 Å². The predicted octanol–water partition coefficient (Wildman–Crippen LogP) is 1.61. The summed E-state index contributed by atoms with van der Waals surface area (Å²) in [7, 11) is 0. The maximum atomic E-state index is 5.75. The third kappa shape index (κ3) is 1.42. The van der Waals surface area contributed by atoms with Crippen molar-refractivity contribution in [3.8, 4) is 0 Å². The number of rotatable bonds is 2. The van der Waals surface area contributed by atoms with E-state index < -0.39 is 0 Å². The van der Waals surface area contributed by atoms with Gasteiger partial charge < -0.3 is 4.74 Å². The van der Waals surface area contributed by atoms with Gasteiger partial charge in [0.2, 0.25) is 0 Å². The second kappa shape index (κ2) is 3.11. The fraction of sp³-hybridized carbons (Fsp3) is 1.00. The first-order valence-corrected chi connectivity index (χ1v) is 4.48. The van der Waals surface area contributed by atoms with Crippen LogP contribution >= 0.6 is 0 Å². The van der Waals surface area contributed by atoms with Gasteiger partial charge in [-0.15, -0.1) is 0 Å². The summed E-state index contributed by atoms with van der Waals surface area (Å²) in [6.07, 6.45) is 0. The zero-order valence-corrected chi connectivity index (χ0v) is 7.98. The van der Waals surface area contributed by atoms with Crippen LogP contribution in [0, 0.1) is 11.8 Å². The van der Waals surface area contributed by atoms with Crippen LogP contribution in [0.1, 0.15) is 27.7 Å². The Morgan fingerprint density at radius 2 is 1.73 bits per heavy atom. The molecule has 1 heterocycles. The maximum absolute atomic E-state index is 5.75. The minimum atomic E-state index is -0.0556. The number of nitrogens with one attached hydrogen (secondary N) is 1. The highest BCUT2D eigenvalue weighted by Gasteiger charge is 2.40. The molecule has 0 aromatic rings. The van der Waals surface area contributed by atoms with Crippen molar-refractivity contribution >= 4 is 0 Å². The summed E-state index contributed by atoms with van der Waals surface area (Å²) in [5, 5.41) is 3.45. The molecular weight excluding hydrogens is 138 g/mol. The van der Waals surface area contributed by atoms with Gasteiger partial charge in [-0.2, -0.15) is 0 Å². The van der Waals surface area contributed by atoms with Crippen LogP contribution in [0.5, 0.6) is 0 Å². The average molecular weight is 157 g/mol. The van der Waals surface area contributed by atoms with E-state index >= 15 is 0 Å². The molecule has 0 spiro atoms. The minimum Gasteiger partial charge on any atom is -0.359 e. The Bertz CT molecular complexity index is 116. The lowest BCUT2D eigenvalue weighted by Gasteiger charge is -2.36. The summed E-state index contributed by atoms with van der Waals surface area (Å²) in [5.41, 5.74) is -0.0556. The van der Waals surface area contributed by atoms with Crippen molar-refractivity contribution in [3.63, 3.8) is 0 Å². The molecule has 1 aliphatic heterocycles. The van der Waals surface area contributed by atoms with E-state index in [0.717, 1.165) is 13.2 Å². The lowest BCUT2D eigenvalue weighted by Crippen LogP contribution is -2.50. The molecular formula is C9H19NO. The third-order valence-corrected chi connectivity index (χ3v) is 2.56. The molecule has 0 radical (unpaired) electrons. The molecule has 1 rings (SSSR count). The lowest BCUT2D eigenvalue weighted by molar-refractivity contribution is -0.0828. The first kappa shape index (κ1) is 9.01. The normalized spacial score (nSPS) is 23.5. The maximum Gasteiger partial charge on any atom is 0.123 e. The highest BCUT2D eigenvalue weighted by Crippen LogP contribution is 2.29. The molecule has 1 aliphatic rings. The molecule has 2 heteroatoms. The van der Waals surface area contributed by atoms with E-state index in [1.54, 1.807) is 0 Å². The molecule has 0 aromatic carbocycles. The number of ether oxygens (including phenoxy) is 1. The highest BCUT2D eigenvalue weighted by molar-refractivity contribution is 4.88. The molecule has 1 N–H and O–H groups in total. The molecule has 0 unspecified atom stereocenters. The molecule has 66 valence electrons. The van der Waals surface area contributed by atoms with Crippen LogP contribution < -0.4 is 5.32 Å². The quantitative estimate of drug-likeness (QED) is 0.657. The molecule has 0 bridgehead atoms. The lowest BCUT2D eigenvalue weighted by atomic mass is 9.89. The summed E-state index contributed by atoms with van der Waals surface area (Å²) < 4.78 is 5.75. The fourth-order valence-electron chi connectivity index (χ4n) is 1.93. The molecule has 0 aromatic heterocycles. The van der Waals surface area contributed by atoms with Crippen LogP contribution in [0.15, 0.2) is 0 Å². The third-order valence-electron chi connectivity index (χ3n) is 2.56. The zero-order valence-electron chi connectivity index (χ0n) is 7.98. The van der Waals surface area contributed by atoms with E-state index in [-0.39, 0.29) is 5.72 Å². The molecule has 2 nitrogen and oxygen atoms in total. The molecule has 0 saturated carbocycles. The Morgan fingerprint density at radius 3 is 1.91 bits per heavy atom. The van der Waals surface area contributed by atoms with Crippen LogP contribution in [-0.4, -0.2) is 18.9 Å². The summed E-state index contributed by atoms with van der Waals surface area (Å²) in [6, 6.07) is 0. The Hall–Kier alpha value is -0.0800. The molecule has 11 heavy (non-hydrogen) atoms. The van der Waals surface area contributed by atoms with E-state index in [1.807, 2.05) is 0 Å². The summed E-state index contributed by atoms with van der Waals surface area (Å²) >= 11 is 0. The topological polar surface area (TPSA) is 21.3 Å². The van der Waals surface area contributed by atoms with Crippen LogP contribution in [0.3, 0.4) is 0 Å². The first-order chi connectivity index (χ1) is 5.09. The summed E-state index contributed by atoms with van der Waals surface area (Å²) in [5.74, 6) is 1.09. The zero-order chi connectivity index (χ0) is 8.48. The minimum absolute atomic E-state index is 0.0556. The van der Waals surface area contributed by atoms with Crippen molar-refractivity contribution in [1.29, 1.82) is 0 Å². The second-order valence-corrected chi connectivity index (χ2v) is 3.88. The second-order valence-electron chi connectivity index (χ2n) is 3.88. The highest BCUT2D eigenvalue weighted by atomic mass is 16.5. The van der Waals surface area contributed by atoms with Gasteiger partial charge in [0.1, 0.15) is 5.72 Å². The van der Waals surface area contributed by atoms with Gasteiger partial charge in [-0.25, -0.2) is 0 Å². The van der Waals surface area contributed by atoms with Crippen LogP contribution in [0.4, 0.5) is 0 Å². The van der Waals surface area contributed by atoms with E-state index in [2.05, 4.69) is 33.0 Å². The molecule has 0 aliphatic carbocycles. The van der Waals surface area contributed by atoms with Crippen molar-refractivity contribution in [2.75, 3.05) is 13.2 Å².